The van der Waals surface area contributed by atoms with E-state index in [0.29, 0.717) is 6.04 Å². The molecule has 0 spiro atoms. The van der Waals surface area contributed by atoms with Gasteiger partial charge in [0.05, 0.1) is 0 Å². The Hall–Kier alpha value is -0.340. The molecule has 0 aliphatic heterocycles. The molecule has 0 aliphatic rings. The van der Waals surface area contributed by atoms with Crippen LogP contribution in [0, 0.1) is 5.92 Å². The number of halogens is 1. The van der Waals surface area contributed by atoms with Crippen LogP contribution in [0.3, 0.4) is 0 Å². The van der Waals surface area contributed by atoms with Crippen LogP contribution in [0.1, 0.15) is 64.9 Å². The van der Waals surface area contributed by atoms with Gasteiger partial charge in [0, 0.05) is 10.5 Å². The number of hydrogen-bond donors (Lipinski definition) is 1. The molecule has 1 aromatic rings. The van der Waals surface area contributed by atoms with E-state index >= 15 is 0 Å². The monoisotopic (exact) mass is 353 g/mol. The Morgan fingerprint density at radius 3 is 2.48 bits per heavy atom. The number of nitrogens with one attached hydrogen (secondary N) is 1. The van der Waals surface area contributed by atoms with Gasteiger partial charge in [-0.15, -0.1) is 0 Å². The summed E-state index contributed by atoms with van der Waals surface area (Å²) in [6, 6.07) is 9.24. The maximum atomic E-state index is 3.77. The van der Waals surface area contributed by atoms with Gasteiger partial charge in [-0.1, -0.05) is 80.6 Å². The molecule has 0 bridgehead atoms. The maximum Gasteiger partial charge on any atom is 0.0207 e. The minimum atomic E-state index is 0.602. The molecule has 21 heavy (non-hydrogen) atoms. The standard InChI is InChI=1S/C19H32BrN/c1-4-7-10-16(6-3)14-18(21-13-5-2)15-17-11-8-9-12-19(17)20/h8-9,11-12,16,18,21H,4-7,10,13-15H2,1-3H3. The summed E-state index contributed by atoms with van der Waals surface area (Å²) >= 11 is 3.69. The Bertz CT molecular complexity index is 378. The highest BCUT2D eigenvalue weighted by Gasteiger charge is 2.16. The fraction of sp³-hybridized carbons (Fsp3) is 0.684. The number of rotatable bonds is 11. The zero-order valence-electron chi connectivity index (χ0n) is 14.0. The first-order valence-corrected chi connectivity index (χ1v) is 9.47. The van der Waals surface area contributed by atoms with Crippen molar-refractivity contribution in [2.45, 2.75) is 71.8 Å². The van der Waals surface area contributed by atoms with Crippen molar-refractivity contribution in [3.8, 4) is 0 Å². The van der Waals surface area contributed by atoms with E-state index in [1.165, 1.54) is 48.6 Å². The molecular formula is C19H32BrN. The molecule has 0 heterocycles. The lowest BCUT2D eigenvalue weighted by molar-refractivity contribution is 0.347. The molecule has 0 aliphatic carbocycles. The highest BCUT2D eigenvalue weighted by atomic mass is 79.9. The van der Waals surface area contributed by atoms with Gasteiger partial charge < -0.3 is 5.32 Å². The second-order valence-electron chi connectivity index (χ2n) is 6.10. The minimum absolute atomic E-state index is 0.602. The van der Waals surface area contributed by atoms with Gasteiger partial charge in [-0.05, 0) is 43.4 Å². The van der Waals surface area contributed by atoms with E-state index in [9.17, 15) is 0 Å². The third-order valence-electron chi connectivity index (χ3n) is 4.27. The van der Waals surface area contributed by atoms with Crippen LogP contribution in [0.15, 0.2) is 28.7 Å². The van der Waals surface area contributed by atoms with Crippen LogP contribution in [0.25, 0.3) is 0 Å². The van der Waals surface area contributed by atoms with E-state index in [-0.39, 0.29) is 0 Å². The number of benzene rings is 1. The summed E-state index contributed by atoms with van der Waals surface area (Å²) in [5.41, 5.74) is 1.43. The van der Waals surface area contributed by atoms with Gasteiger partial charge in [-0.25, -0.2) is 0 Å². The Balaban J connectivity index is 2.63. The average Bonchev–Trinajstić information content (AvgIpc) is 2.50. The van der Waals surface area contributed by atoms with E-state index in [2.05, 4.69) is 66.3 Å². The van der Waals surface area contributed by atoms with Gasteiger partial charge in [-0.3, -0.25) is 0 Å². The van der Waals surface area contributed by atoms with Crippen LogP contribution < -0.4 is 5.32 Å². The second kappa shape index (κ2) is 11.3. The molecule has 0 radical (unpaired) electrons. The molecule has 0 aromatic heterocycles. The van der Waals surface area contributed by atoms with Crippen molar-refractivity contribution in [1.82, 2.24) is 5.32 Å². The predicted molar refractivity (Wildman–Crippen MR) is 97.9 cm³/mol. The molecule has 0 amide bonds. The smallest absolute Gasteiger partial charge is 0.0207 e. The van der Waals surface area contributed by atoms with Crippen molar-refractivity contribution in [2.24, 2.45) is 5.92 Å². The van der Waals surface area contributed by atoms with E-state index in [1.807, 2.05) is 0 Å². The largest absolute Gasteiger partial charge is 0.314 e. The van der Waals surface area contributed by atoms with Gasteiger partial charge in [0.25, 0.3) is 0 Å². The predicted octanol–water partition coefficient (Wildman–Crippen LogP) is 5.97. The van der Waals surface area contributed by atoms with Gasteiger partial charge in [-0.2, -0.15) is 0 Å². The number of unbranched alkanes of at least 4 members (excludes halogenated alkanes) is 1. The fourth-order valence-corrected chi connectivity index (χ4v) is 3.35. The first-order chi connectivity index (χ1) is 10.2. The summed E-state index contributed by atoms with van der Waals surface area (Å²) in [6.45, 7) is 8.01. The van der Waals surface area contributed by atoms with Gasteiger partial charge >= 0.3 is 0 Å². The molecule has 120 valence electrons. The van der Waals surface area contributed by atoms with Crippen LogP contribution in [0.2, 0.25) is 0 Å². The highest BCUT2D eigenvalue weighted by molar-refractivity contribution is 9.10. The summed E-state index contributed by atoms with van der Waals surface area (Å²) in [5, 5.41) is 3.77. The summed E-state index contributed by atoms with van der Waals surface area (Å²) in [4.78, 5) is 0. The molecule has 0 saturated carbocycles. The third kappa shape index (κ3) is 7.46. The number of hydrogen-bond acceptors (Lipinski definition) is 1. The molecule has 0 saturated heterocycles. The highest BCUT2D eigenvalue weighted by Crippen LogP contribution is 2.23. The van der Waals surface area contributed by atoms with Crippen LogP contribution in [-0.4, -0.2) is 12.6 Å². The molecule has 2 unspecified atom stereocenters. The van der Waals surface area contributed by atoms with Crippen molar-refractivity contribution in [1.29, 1.82) is 0 Å². The molecule has 1 aromatic carbocycles. The Kier molecular flexibility index (Phi) is 10.0. The molecule has 1 N–H and O–H groups in total. The van der Waals surface area contributed by atoms with E-state index in [1.54, 1.807) is 0 Å². The topological polar surface area (TPSA) is 12.0 Å². The van der Waals surface area contributed by atoms with Crippen LogP contribution in [0.5, 0.6) is 0 Å². The lowest BCUT2D eigenvalue weighted by atomic mass is 9.89. The van der Waals surface area contributed by atoms with E-state index in [4.69, 9.17) is 0 Å². The Morgan fingerprint density at radius 2 is 1.86 bits per heavy atom. The lowest BCUT2D eigenvalue weighted by Crippen LogP contribution is -2.34. The third-order valence-corrected chi connectivity index (χ3v) is 5.04. The first kappa shape index (κ1) is 18.7. The zero-order valence-corrected chi connectivity index (χ0v) is 15.6. The van der Waals surface area contributed by atoms with Gasteiger partial charge in [0.2, 0.25) is 0 Å². The zero-order chi connectivity index (χ0) is 15.5. The summed E-state index contributed by atoms with van der Waals surface area (Å²) in [7, 11) is 0. The maximum absolute atomic E-state index is 3.77. The summed E-state index contributed by atoms with van der Waals surface area (Å²) < 4.78 is 1.25. The van der Waals surface area contributed by atoms with Crippen LogP contribution in [0.4, 0.5) is 0 Å². The van der Waals surface area contributed by atoms with Crippen LogP contribution in [-0.2, 0) is 6.42 Å². The summed E-state index contributed by atoms with van der Waals surface area (Å²) in [5.74, 6) is 0.863. The van der Waals surface area contributed by atoms with E-state index < -0.39 is 0 Å². The Morgan fingerprint density at radius 1 is 1.10 bits per heavy atom. The molecule has 0 fully saturated rings. The van der Waals surface area contributed by atoms with E-state index in [0.717, 1.165) is 18.9 Å². The molecular weight excluding hydrogens is 322 g/mol. The molecule has 2 heteroatoms. The van der Waals surface area contributed by atoms with Crippen molar-refractivity contribution >= 4 is 15.9 Å². The minimum Gasteiger partial charge on any atom is -0.314 e. The molecule has 1 nitrogen and oxygen atoms in total. The average molecular weight is 354 g/mol. The summed E-state index contributed by atoms with van der Waals surface area (Å²) in [6.07, 6.45) is 9.01. The van der Waals surface area contributed by atoms with Crippen LogP contribution >= 0.6 is 15.9 Å². The fourth-order valence-electron chi connectivity index (χ4n) is 2.90. The SMILES string of the molecule is CCCCC(CC)CC(Cc1ccccc1Br)NCCC. The van der Waals surface area contributed by atoms with Crippen molar-refractivity contribution in [2.75, 3.05) is 6.54 Å². The van der Waals surface area contributed by atoms with Crippen molar-refractivity contribution < 1.29 is 0 Å². The van der Waals surface area contributed by atoms with Crippen molar-refractivity contribution in [3.63, 3.8) is 0 Å². The van der Waals surface area contributed by atoms with Gasteiger partial charge in [0.15, 0.2) is 0 Å². The Labute approximate surface area is 140 Å². The van der Waals surface area contributed by atoms with Crippen molar-refractivity contribution in [3.05, 3.63) is 34.3 Å². The van der Waals surface area contributed by atoms with Gasteiger partial charge in [0.1, 0.15) is 0 Å². The molecule has 1 rings (SSSR count). The quantitative estimate of drug-likeness (QED) is 0.516. The second-order valence-corrected chi connectivity index (χ2v) is 6.95. The molecule has 2 atom stereocenters. The first-order valence-electron chi connectivity index (χ1n) is 8.67. The normalized spacial score (nSPS) is 14.1. The lowest BCUT2D eigenvalue weighted by Gasteiger charge is -2.24.